The summed E-state index contributed by atoms with van der Waals surface area (Å²) in [5, 5.41) is 5.88. The number of amides is 2. The van der Waals surface area contributed by atoms with Crippen LogP contribution in [0.1, 0.15) is 38.7 Å². The number of rotatable bonds is 7. The maximum atomic E-state index is 12.1. The average molecular weight is 331 g/mol. The van der Waals surface area contributed by atoms with E-state index in [1.165, 1.54) is 0 Å². The summed E-state index contributed by atoms with van der Waals surface area (Å²) in [6.07, 6.45) is 2.40. The maximum absolute atomic E-state index is 12.1. The summed E-state index contributed by atoms with van der Waals surface area (Å²) < 4.78 is 0. The highest BCUT2D eigenvalue weighted by atomic mass is 16.2. The second-order valence-corrected chi connectivity index (χ2v) is 7.13. The van der Waals surface area contributed by atoms with E-state index in [0.717, 1.165) is 37.2 Å². The molecule has 1 aliphatic rings. The van der Waals surface area contributed by atoms with Crippen molar-refractivity contribution in [3.63, 3.8) is 0 Å². The molecule has 5 heteroatoms. The van der Waals surface area contributed by atoms with Crippen LogP contribution in [0.4, 0.5) is 5.69 Å². The number of hydrogen-bond acceptors (Lipinski definition) is 3. The van der Waals surface area contributed by atoms with Gasteiger partial charge in [-0.1, -0.05) is 32.0 Å². The first-order chi connectivity index (χ1) is 11.4. The van der Waals surface area contributed by atoms with Crippen LogP contribution in [0, 0.1) is 5.41 Å². The lowest BCUT2D eigenvalue weighted by molar-refractivity contribution is -0.124. The summed E-state index contributed by atoms with van der Waals surface area (Å²) in [5.74, 6) is -0.164. The van der Waals surface area contributed by atoms with Gasteiger partial charge in [0.2, 0.25) is 11.8 Å². The molecule has 132 valence electrons. The number of carbonyl (C=O) groups is 2. The average Bonchev–Trinajstić information content (AvgIpc) is 2.91. The third-order valence-corrected chi connectivity index (χ3v) is 4.71. The van der Waals surface area contributed by atoms with Gasteiger partial charge in [0, 0.05) is 31.6 Å². The molecule has 1 heterocycles. The summed E-state index contributed by atoms with van der Waals surface area (Å²) in [4.78, 5) is 26.3. The summed E-state index contributed by atoms with van der Waals surface area (Å²) in [5.41, 5.74) is 2.09. The number of nitrogens with zero attached hydrogens (tertiary/aromatic N) is 1. The Hall–Kier alpha value is -1.88. The Labute approximate surface area is 144 Å². The normalized spacial score (nSPS) is 20.8. The predicted octanol–water partition coefficient (Wildman–Crippen LogP) is 2.43. The second-order valence-electron chi connectivity index (χ2n) is 7.13. The summed E-state index contributed by atoms with van der Waals surface area (Å²) in [7, 11) is 2.10. The highest BCUT2D eigenvalue weighted by molar-refractivity contribution is 5.93. The van der Waals surface area contributed by atoms with Gasteiger partial charge in [0.05, 0.1) is 0 Å². The highest BCUT2D eigenvalue weighted by Crippen LogP contribution is 2.27. The minimum Gasteiger partial charge on any atom is -0.355 e. The summed E-state index contributed by atoms with van der Waals surface area (Å²) >= 11 is 0. The molecule has 0 spiro atoms. The zero-order valence-corrected chi connectivity index (χ0v) is 15.0. The monoisotopic (exact) mass is 331 g/mol. The molecular weight excluding hydrogens is 302 g/mol. The van der Waals surface area contributed by atoms with Crippen LogP contribution in [0.5, 0.6) is 0 Å². The van der Waals surface area contributed by atoms with Crippen molar-refractivity contribution in [2.24, 2.45) is 5.41 Å². The number of benzene rings is 1. The molecule has 0 aromatic heterocycles. The van der Waals surface area contributed by atoms with E-state index in [1.54, 1.807) is 0 Å². The summed E-state index contributed by atoms with van der Waals surface area (Å²) in [6.45, 7) is 7.01. The molecule has 24 heavy (non-hydrogen) atoms. The van der Waals surface area contributed by atoms with Gasteiger partial charge >= 0.3 is 0 Å². The predicted molar refractivity (Wildman–Crippen MR) is 96.9 cm³/mol. The number of likely N-dealkylation sites (tertiary alicyclic amines) is 1. The number of nitrogens with one attached hydrogen (secondary N) is 2. The minimum atomic E-state index is -0.113. The molecule has 2 rings (SSSR count). The molecule has 0 aliphatic carbocycles. The van der Waals surface area contributed by atoms with Crippen LogP contribution in [0.2, 0.25) is 0 Å². The van der Waals surface area contributed by atoms with Crippen molar-refractivity contribution in [1.29, 1.82) is 0 Å². The molecule has 1 atom stereocenters. The van der Waals surface area contributed by atoms with E-state index >= 15 is 0 Å². The van der Waals surface area contributed by atoms with Gasteiger partial charge < -0.3 is 15.5 Å². The Morgan fingerprint density at radius 2 is 1.92 bits per heavy atom. The van der Waals surface area contributed by atoms with Gasteiger partial charge in [0.25, 0.3) is 0 Å². The van der Waals surface area contributed by atoms with Gasteiger partial charge in [-0.3, -0.25) is 9.59 Å². The Morgan fingerprint density at radius 1 is 1.21 bits per heavy atom. The molecule has 0 bridgehead atoms. The van der Waals surface area contributed by atoms with Crippen molar-refractivity contribution in [2.45, 2.75) is 39.5 Å². The Balaban J connectivity index is 1.72. The van der Waals surface area contributed by atoms with Crippen molar-refractivity contribution < 1.29 is 9.59 Å². The fourth-order valence-electron chi connectivity index (χ4n) is 3.21. The zero-order valence-electron chi connectivity index (χ0n) is 15.0. The molecule has 1 aromatic rings. The Morgan fingerprint density at radius 3 is 2.58 bits per heavy atom. The number of anilines is 1. The third-order valence-electron chi connectivity index (χ3n) is 4.71. The van der Waals surface area contributed by atoms with Crippen molar-refractivity contribution in [2.75, 3.05) is 32.0 Å². The lowest BCUT2D eigenvalue weighted by Gasteiger charge is -2.24. The van der Waals surface area contributed by atoms with Crippen LogP contribution in [0.3, 0.4) is 0 Å². The minimum absolute atomic E-state index is 0.0512. The lowest BCUT2D eigenvalue weighted by atomic mass is 9.90. The number of para-hydroxylation sites is 1. The first-order valence-corrected chi connectivity index (χ1v) is 8.75. The van der Waals surface area contributed by atoms with E-state index in [0.29, 0.717) is 6.54 Å². The third kappa shape index (κ3) is 5.34. The molecule has 1 fully saturated rings. The van der Waals surface area contributed by atoms with E-state index in [-0.39, 0.29) is 30.1 Å². The molecule has 0 radical (unpaired) electrons. The van der Waals surface area contributed by atoms with Gasteiger partial charge in [-0.25, -0.2) is 0 Å². The number of carbonyl (C=O) groups excluding carboxylic acids is 2. The van der Waals surface area contributed by atoms with Gasteiger partial charge in [0.15, 0.2) is 0 Å². The lowest BCUT2D eigenvalue weighted by Crippen LogP contribution is -2.37. The smallest absolute Gasteiger partial charge is 0.224 e. The van der Waals surface area contributed by atoms with Crippen LogP contribution < -0.4 is 10.6 Å². The van der Waals surface area contributed by atoms with E-state index in [2.05, 4.69) is 36.4 Å². The van der Waals surface area contributed by atoms with E-state index in [4.69, 9.17) is 0 Å². The van der Waals surface area contributed by atoms with Gasteiger partial charge in [-0.15, -0.1) is 0 Å². The molecule has 1 aromatic carbocycles. The molecule has 0 saturated carbocycles. The molecule has 1 aliphatic heterocycles. The fourth-order valence-corrected chi connectivity index (χ4v) is 3.21. The van der Waals surface area contributed by atoms with Crippen LogP contribution in [0.25, 0.3) is 0 Å². The molecule has 5 nitrogen and oxygen atoms in total. The first kappa shape index (κ1) is 18.5. The SMILES string of the molecule is CCc1ccccc1NC(=O)CCC(=O)NC[C@@]1(C)CCN(C)C1. The first-order valence-electron chi connectivity index (χ1n) is 8.75. The topological polar surface area (TPSA) is 61.4 Å². The molecule has 2 N–H and O–H groups in total. The van der Waals surface area contributed by atoms with Gasteiger partial charge in [-0.2, -0.15) is 0 Å². The van der Waals surface area contributed by atoms with Crippen molar-refractivity contribution in [3.8, 4) is 0 Å². The van der Waals surface area contributed by atoms with Gasteiger partial charge in [0.1, 0.15) is 0 Å². The number of hydrogen-bond donors (Lipinski definition) is 2. The van der Waals surface area contributed by atoms with Crippen LogP contribution >= 0.6 is 0 Å². The molecule has 1 saturated heterocycles. The highest BCUT2D eigenvalue weighted by Gasteiger charge is 2.32. The molecule has 2 amide bonds. The standard InChI is InChI=1S/C19H29N3O2/c1-4-15-7-5-6-8-16(15)21-18(24)10-9-17(23)20-13-19(2)11-12-22(3)14-19/h5-8H,4,9-14H2,1-3H3,(H,20,23)(H,21,24)/t19-/m1/s1. The van der Waals surface area contributed by atoms with Gasteiger partial charge in [-0.05, 0) is 43.5 Å². The van der Waals surface area contributed by atoms with Crippen LogP contribution in [-0.2, 0) is 16.0 Å². The van der Waals surface area contributed by atoms with E-state index in [1.807, 2.05) is 24.3 Å². The van der Waals surface area contributed by atoms with E-state index < -0.39 is 0 Å². The van der Waals surface area contributed by atoms with Crippen molar-refractivity contribution in [3.05, 3.63) is 29.8 Å². The Bertz CT molecular complexity index is 588. The number of aryl methyl sites for hydroxylation is 1. The quantitative estimate of drug-likeness (QED) is 0.807. The van der Waals surface area contributed by atoms with Crippen molar-refractivity contribution in [1.82, 2.24) is 10.2 Å². The zero-order chi connectivity index (χ0) is 17.6. The Kier molecular flexibility index (Phi) is 6.37. The maximum Gasteiger partial charge on any atom is 0.224 e. The van der Waals surface area contributed by atoms with E-state index in [9.17, 15) is 9.59 Å². The van der Waals surface area contributed by atoms with Crippen molar-refractivity contribution >= 4 is 17.5 Å². The second kappa shape index (κ2) is 8.29. The van der Waals surface area contributed by atoms with Crippen LogP contribution in [-0.4, -0.2) is 43.4 Å². The molecule has 0 unspecified atom stereocenters. The summed E-state index contributed by atoms with van der Waals surface area (Å²) in [6, 6.07) is 7.76. The molecular formula is C19H29N3O2. The fraction of sp³-hybridized carbons (Fsp3) is 0.579. The largest absolute Gasteiger partial charge is 0.355 e. The van der Waals surface area contributed by atoms with Crippen LogP contribution in [0.15, 0.2) is 24.3 Å².